The first-order valence-electron chi connectivity index (χ1n) is 6.27. The molecule has 0 N–H and O–H groups in total. The Labute approximate surface area is 108 Å². The maximum Gasteiger partial charge on any atom is 0.158 e. The van der Waals surface area contributed by atoms with Crippen LogP contribution in [0.3, 0.4) is 0 Å². The summed E-state index contributed by atoms with van der Waals surface area (Å²) in [6.07, 6.45) is 1.04. The lowest BCUT2D eigenvalue weighted by molar-refractivity contribution is 0.242. The van der Waals surface area contributed by atoms with Crippen LogP contribution in [0.25, 0.3) is 11.4 Å². The number of ether oxygens (including phenoxy) is 1. The van der Waals surface area contributed by atoms with Gasteiger partial charge in [-0.25, -0.2) is 9.67 Å². The first kappa shape index (κ1) is 12.6. The lowest BCUT2D eigenvalue weighted by Gasteiger charge is -2.09. The zero-order valence-corrected chi connectivity index (χ0v) is 11.3. The number of hydrogen-bond acceptors (Lipinski definition) is 3. The minimum absolute atomic E-state index is 0.192. The molecule has 1 aromatic heterocycles. The summed E-state index contributed by atoms with van der Waals surface area (Å²) in [6, 6.07) is 7.97. The van der Waals surface area contributed by atoms with Crippen LogP contribution in [0.4, 0.5) is 0 Å². The van der Waals surface area contributed by atoms with Crippen LogP contribution in [0.5, 0.6) is 5.75 Å². The molecule has 96 valence electrons. The molecule has 2 aromatic rings. The number of benzene rings is 1. The fourth-order valence-electron chi connectivity index (χ4n) is 1.79. The van der Waals surface area contributed by atoms with Gasteiger partial charge >= 0.3 is 0 Å². The molecule has 0 spiro atoms. The van der Waals surface area contributed by atoms with E-state index in [1.165, 1.54) is 0 Å². The molecular formula is C14H19N3O. The first-order chi connectivity index (χ1) is 8.60. The number of rotatable bonds is 4. The Morgan fingerprint density at radius 2 is 1.89 bits per heavy atom. The van der Waals surface area contributed by atoms with Crippen LogP contribution < -0.4 is 4.74 Å². The van der Waals surface area contributed by atoms with Gasteiger partial charge in [0.2, 0.25) is 0 Å². The van der Waals surface area contributed by atoms with Crippen molar-refractivity contribution in [1.82, 2.24) is 14.8 Å². The van der Waals surface area contributed by atoms with Crippen LogP contribution in [0, 0.1) is 0 Å². The van der Waals surface area contributed by atoms with E-state index >= 15 is 0 Å². The fourth-order valence-corrected chi connectivity index (χ4v) is 1.79. The summed E-state index contributed by atoms with van der Waals surface area (Å²) >= 11 is 0. The highest BCUT2D eigenvalue weighted by Crippen LogP contribution is 2.21. The Morgan fingerprint density at radius 1 is 1.22 bits per heavy atom. The van der Waals surface area contributed by atoms with E-state index < -0.39 is 0 Å². The van der Waals surface area contributed by atoms with Crippen LogP contribution >= 0.6 is 0 Å². The molecule has 0 unspecified atom stereocenters. The monoisotopic (exact) mass is 245 g/mol. The predicted molar refractivity (Wildman–Crippen MR) is 71.6 cm³/mol. The molecule has 0 atom stereocenters. The second kappa shape index (κ2) is 5.21. The summed E-state index contributed by atoms with van der Waals surface area (Å²) in [5, 5.41) is 4.35. The van der Waals surface area contributed by atoms with E-state index in [1.54, 1.807) is 0 Å². The highest BCUT2D eigenvalue weighted by atomic mass is 16.5. The Bertz CT molecular complexity index is 514. The maximum atomic E-state index is 5.62. The molecule has 1 heterocycles. The van der Waals surface area contributed by atoms with Crippen LogP contribution in [0.15, 0.2) is 24.3 Å². The number of aryl methyl sites for hydroxylation is 2. The molecule has 4 nitrogen and oxygen atoms in total. The Balaban J connectivity index is 2.25. The normalized spacial score (nSPS) is 10.9. The first-order valence-corrected chi connectivity index (χ1v) is 6.27. The molecule has 18 heavy (non-hydrogen) atoms. The largest absolute Gasteiger partial charge is 0.491 e. The number of nitrogens with zero attached hydrogens (tertiary/aromatic N) is 3. The van der Waals surface area contributed by atoms with E-state index in [0.29, 0.717) is 0 Å². The SMILES string of the molecule is CCc1nc(-c2ccc(OC(C)C)cc2)n(C)n1. The van der Waals surface area contributed by atoms with Gasteiger partial charge in [0, 0.05) is 19.0 Å². The third kappa shape index (κ3) is 2.70. The smallest absolute Gasteiger partial charge is 0.158 e. The molecule has 1 aromatic carbocycles. The van der Waals surface area contributed by atoms with E-state index in [0.717, 1.165) is 29.4 Å². The summed E-state index contributed by atoms with van der Waals surface area (Å²) in [7, 11) is 1.92. The topological polar surface area (TPSA) is 39.9 Å². The molecule has 0 aliphatic rings. The average molecular weight is 245 g/mol. The molecule has 0 fully saturated rings. The minimum atomic E-state index is 0.192. The van der Waals surface area contributed by atoms with Crippen molar-refractivity contribution in [3.8, 4) is 17.1 Å². The van der Waals surface area contributed by atoms with Gasteiger partial charge < -0.3 is 4.74 Å². The van der Waals surface area contributed by atoms with E-state index in [9.17, 15) is 0 Å². The standard InChI is InChI=1S/C14H19N3O/c1-5-13-15-14(17(4)16-13)11-6-8-12(9-7-11)18-10(2)3/h6-10H,5H2,1-4H3. The van der Waals surface area contributed by atoms with Gasteiger partial charge in [-0.05, 0) is 38.1 Å². The Hall–Kier alpha value is -1.84. The Kier molecular flexibility index (Phi) is 3.65. The van der Waals surface area contributed by atoms with E-state index in [4.69, 9.17) is 4.74 Å². The van der Waals surface area contributed by atoms with Gasteiger partial charge in [0.15, 0.2) is 11.6 Å². The van der Waals surface area contributed by atoms with E-state index in [2.05, 4.69) is 17.0 Å². The third-order valence-electron chi connectivity index (χ3n) is 2.61. The van der Waals surface area contributed by atoms with Gasteiger partial charge in [-0.2, -0.15) is 5.10 Å². The molecule has 0 amide bonds. The van der Waals surface area contributed by atoms with Crippen LogP contribution in [-0.4, -0.2) is 20.9 Å². The lowest BCUT2D eigenvalue weighted by Crippen LogP contribution is -2.05. The van der Waals surface area contributed by atoms with Crippen LogP contribution in [-0.2, 0) is 13.5 Å². The molecule has 0 aliphatic carbocycles. The quantitative estimate of drug-likeness (QED) is 0.831. The van der Waals surface area contributed by atoms with Crippen LogP contribution in [0.2, 0.25) is 0 Å². The van der Waals surface area contributed by atoms with Crippen molar-refractivity contribution in [2.45, 2.75) is 33.3 Å². The minimum Gasteiger partial charge on any atom is -0.491 e. The van der Waals surface area contributed by atoms with Crippen LogP contribution in [0.1, 0.15) is 26.6 Å². The van der Waals surface area contributed by atoms with E-state index in [1.807, 2.05) is 49.8 Å². The zero-order valence-electron chi connectivity index (χ0n) is 11.3. The molecule has 0 saturated carbocycles. The highest BCUT2D eigenvalue weighted by Gasteiger charge is 2.08. The zero-order chi connectivity index (χ0) is 13.1. The van der Waals surface area contributed by atoms with Gasteiger partial charge in [-0.3, -0.25) is 0 Å². The second-order valence-electron chi connectivity index (χ2n) is 4.52. The molecule has 0 radical (unpaired) electrons. The summed E-state index contributed by atoms with van der Waals surface area (Å²) in [5.41, 5.74) is 1.06. The van der Waals surface area contributed by atoms with Crippen molar-refractivity contribution in [2.75, 3.05) is 0 Å². The van der Waals surface area contributed by atoms with Crippen molar-refractivity contribution in [3.63, 3.8) is 0 Å². The van der Waals surface area contributed by atoms with Crippen molar-refractivity contribution in [2.24, 2.45) is 7.05 Å². The molecular weight excluding hydrogens is 226 g/mol. The maximum absolute atomic E-state index is 5.62. The van der Waals surface area contributed by atoms with E-state index in [-0.39, 0.29) is 6.10 Å². The van der Waals surface area contributed by atoms with Crippen molar-refractivity contribution in [1.29, 1.82) is 0 Å². The third-order valence-corrected chi connectivity index (χ3v) is 2.61. The number of aromatic nitrogens is 3. The second-order valence-corrected chi connectivity index (χ2v) is 4.52. The summed E-state index contributed by atoms with van der Waals surface area (Å²) < 4.78 is 7.44. The molecule has 0 bridgehead atoms. The Morgan fingerprint density at radius 3 is 2.39 bits per heavy atom. The van der Waals surface area contributed by atoms with Gasteiger partial charge in [-0.1, -0.05) is 6.92 Å². The van der Waals surface area contributed by atoms with Gasteiger partial charge in [0.05, 0.1) is 6.10 Å². The molecule has 0 aliphatic heterocycles. The lowest BCUT2D eigenvalue weighted by atomic mass is 10.2. The van der Waals surface area contributed by atoms with Gasteiger partial charge in [0.1, 0.15) is 5.75 Å². The molecule has 2 rings (SSSR count). The molecule has 0 saturated heterocycles. The van der Waals surface area contributed by atoms with Crippen molar-refractivity contribution >= 4 is 0 Å². The summed E-state index contributed by atoms with van der Waals surface area (Å²) in [5.74, 6) is 2.64. The van der Waals surface area contributed by atoms with Gasteiger partial charge in [-0.15, -0.1) is 0 Å². The molecule has 4 heteroatoms. The number of hydrogen-bond donors (Lipinski definition) is 0. The fraction of sp³-hybridized carbons (Fsp3) is 0.429. The summed E-state index contributed by atoms with van der Waals surface area (Å²) in [4.78, 5) is 4.50. The van der Waals surface area contributed by atoms with Crippen molar-refractivity contribution < 1.29 is 4.74 Å². The van der Waals surface area contributed by atoms with Gasteiger partial charge in [0.25, 0.3) is 0 Å². The predicted octanol–water partition coefficient (Wildman–Crippen LogP) is 2.83. The highest BCUT2D eigenvalue weighted by molar-refractivity contribution is 5.56. The average Bonchev–Trinajstić information content (AvgIpc) is 2.71. The summed E-state index contributed by atoms with van der Waals surface area (Å²) in [6.45, 7) is 6.09. The van der Waals surface area contributed by atoms with Crippen molar-refractivity contribution in [3.05, 3.63) is 30.1 Å².